The lowest BCUT2D eigenvalue weighted by molar-refractivity contribution is 0.349. The first-order valence-electron chi connectivity index (χ1n) is 4.75. The summed E-state index contributed by atoms with van der Waals surface area (Å²) in [5, 5.41) is 0. The monoisotopic (exact) mass is 321 g/mol. The van der Waals surface area contributed by atoms with Crippen LogP contribution in [0.15, 0.2) is 12.1 Å². The maximum absolute atomic E-state index is 5.78. The molecule has 0 aliphatic heterocycles. The molecule has 0 aliphatic rings. The summed E-state index contributed by atoms with van der Waals surface area (Å²) in [6.45, 7) is 1.98. The molecule has 1 aromatic carbocycles. The van der Waals surface area contributed by atoms with E-state index in [0.717, 1.165) is 27.1 Å². The normalized spacial score (nSPS) is 12.3. The molecule has 0 saturated carbocycles. The van der Waals surface area contributed by atoms with Crippen molar-refractivity contribution in [3.05, 3.63) is 21.3 Å². The Balaban J connectivity index is 3.16. The number of halogens is 1. The highest BCUT2D eigenvalue weighted by Crippen LogP contribution is 2.35. The summed E-state index contributed by atoms with van der Waals surface area (Å²) in [6, 6.07) is 4.16. The molecule has 0 spiro atoms. The van der Waals surface area contributed by atoms with E-state index in [9.17, 15) is 0 Å². The van der Waals surface area contributed by atoms with Gasteiger partial charge in [0.15, 0.2) is 11.5 Å². The first kappa shape index (κ1) is 12.6. The molecule has 1 atom stereocenters. The van der Waals surface area contributed by atoms with Gasteiger partial charge in [0.1, 0.15) is 0 Å². The van der Waals surface area contributed by atoms with Crippen LogP contribution in [0.25, 0.3) is 0 Å². The number of ether oxygens (including phenoxy) is 2. The van der Waals surface area contributed by atoms with E-state index in [1.807, 2.05) is 19.1 Å². The highest BCUT2D eigenvalue weighted by Gasteiger charge is 2.14. The number of hydrogen-bond donors (Lipinski definition) is 1. The predicted octanol–water partition coefficient (Wildman–Crippen LogP) is 2.20. The third-order valence-corrected chi connectivity index (χ3v) is 2.95. The molecule has 0 amide bonds. The van der Waals surface area contributed by atoms with Gasteiger partial charge in [-0.2, -0.15) is 0 Å². The first-order valence-corrected chi connectivity index (χ1v) is 5.83. The summed E-state index contributed by atoms with van der Waals surface area (Å²) in [4.78, 5) is 0. The largest absolute Gasteiger partial charge is 0.493 e. The minimum absolute atomic E-state index is 0.115. The molecule has 2 N–H and O–H groups in total. The van der Waals surface area contributed by atoms with Crippen molar-refractivity contribution in [2.24, 2.45) is 5.73 Å². The fourth-order valence-electron chi connectivity index (χ4n) is 1.50. The van der Waals surface area contributed by atoms with Crippen LogP contribution < -0.4 is 15.2 Å². The molecule has 4 heteroatoms. The molecule has 0 heterocycles. The summed E-state index contributed by atoms with van der Waals surface area (Å²) in [5.41, 5.74) is 6.87. The minimum atomic E-state index is 0.115. The van der Waals surface area contributed by atoms with Gasteiger partial charge in [-0.05, 0) is 47.6 Å². The van der Waals surface area contributed by atoms with Gasteiger partial charge < -0.3 is 15.2 Å². The van der Waals surface area contributed by atoms with E-state index in [4.69, 9.17) is 15.2 Å². The Labute approximate surface area is 104 Å². The Bertz CT molecular complexity index is 340. The van der Waals surface area contributed by atoms with Crippen LogP contribution in [-0.2, 0) is 6.42 Å². The molecule has 1 aromatic rings. The Morgan fingerprint density at radius 1 is 1.27 bits per heavy atom. The third kappa shape index (κ3) is 2.98. The Morgan fingerprint density at radius 2 is 1.87 bits per heavy atom. The second-order valence-corrected chi connectivity index (χ2v) is 4.62. The highest BCUT2D eigenvalue weighted by molar-refractivity contribution is 14.1. The van der Waals surface area contributed by atoms with Crippen LogP contribution >= 0.6 is 22.6 Å². The van der Waals surface area contributed by atoms with Crippen LogP contribution in [0.4, 0.5) is 0 Å². The average molecular weight is 321 g/mol. The Morgan fingerprint density at radius 3 is 2.33 bits per heavy atom. The quantitative estimate of drug-likeness (QED) is 0.865. The second-order valence-electron chi connectivity index (χ2n) is 3.45. The Hall–Kier alpha value is -0.490. The number of methoxy groups -OCH3 is 2. The molecule has 84 valence electrons. The van der Waals surface area contributed by atoms with Gasteiger partial charge in [-0.25, -0.2) is 0 Å². The van der Waals surface area contributed by atoms with Crippen molar-refractivity contribution in [2.75, 3.05) is 14.2 Å². The molecular formula is C11H16INO2. The van der Waals surface area contributed by atoms with Crippen LogP contribution in [0, 0.1) is 3.57 Å². The summed E-state index contributed by atoms with van der Waals surface area (Å²) in [5.74, 6) is 1.58. The number of rotatable bonds is 4. The molecule has 1 rings (SSSR count). The topological polar surface area (TPSA) is 44.5 Å². The average Bonchev–Trinajstić information content (AvgIpc) is 2.19. The minimum Gasteiger partial charge on any atom is -0.493 e. The van der Waals surface area contributed by atoms with Gasteiger partial charge in [-0.1, -0.05) is 6.07 Å². The van der Waals surface area contributed by atoms with Gasteiger partial charge in [-0.15, -0.1) is 0 Å². The number of nitrogens with two attached hydrogens (primary N) is 1. The Kier molecular flexibility index (Phi) is 4.66. The van der Waals surface area contributed by atoms with Crippen molar-refractivity contribution in [1.29, 1.82) is 0 Å². The standard InChI is InChI=1S/C11H16INO2/c1-7(13)6-8-4-5-9(12)11(15-3)10(8)14-2/h4-5,7H,6,13H2,1-3H3. The van der Waals surface area contributed by atoms with Crippen molar-refractivity contribution >= 4 is 22.6 Å². The van der Waals surface area contributed by atoms with Gasteiger partial charge in [0, 0.05) is 6.04 Å². The van der Waals surface area contributed by atoms with Gasteiger partial charge >= 0.3 is 0 Å². The van der Waals surface area contributed by atoms with E-state index < -0.39 is 0 Å². The fourth-order valence-corrected chi connectivity index (χ4v) is 2.15. The maximum atomic E-state index is 5.78. The van der Waals surface area contributed by atoms with Gasteiger partial charge in [0.05, 0.1) is 17.8 Å². The summed E-state index contributed by atoms with van der Waals surface area (Å²) in [6.07, 6.45) is 0.788. The van der Waals surface area contributed by atoms with Crippen LogP contribution in [0.1, 0.15) is 12.5 Å². The van der Waals surface area contributed by atoms with Crippen LogP contribution in [-0.4, -0.2) is 20.3 Å². The summed E-state index contributed by atoms with van der Waals surface area (Å²) < 4.78 is 11.7. The molecule has 15 heavy (non-hydrogen) atoms. The molecule has 3 nitrogen and oxygen atoms in total. The van der Waals surface area contributed by atoms with E-state index in [2.05, 4.69) is 22.6 Å². The van der Waals surface area contributed by atoms with Crippen LogP contribution in [0.5, 0.6) is 11.5 Å². The third-order valence-electron chi connectivity index (χ3n) is 2.10. The molecule has 0 bridgehead atoms. The molecule has 0 radical (unpaired) electrons. The van der Waals surface area contributed by atoms with E-state index in [1.165, 1.54) is 0 Å². The highest BCUT2D eigenvalue weighted by atomic mass is 127. The van der Waals surface area contributed by atoms with Gasteiger partial charge in [0.2, 0.25) is 0 Å². The molecule has 0 fully saturated rings. The zero-order valence-corrected chi connectivity index (χ0v) is 11.4. The van der Waals surface area contributed by atoms with Crippen LogP contribution in [0.2, 0.25) is 0 Å². The number of hydrogen-bond acceptors (Lipinski definition) is 3. The lowest BCUT2D eigenvalue weighted by Crippen LogP contribution is -2.18. The van der Waals surface area contributed by atoms with Crippen molar-refractivity contribution < 1.29 is 9.47 Å². The zero-order chi connectivity index (χ0) is 11.4. The molecule has 0 aliphatic carbocycles. The van der Waals surface area contributed by atoms with Crippen molar-refractivity contribution in [1.82, 2.24) is 0 Å². The van der Waals surface area contributed by atoms with Crippen LogP contribution in [0.3, 0.4) is 0 Å². The fraction of sp³-hybridized carbons (Fsp3) is 0.455. The molecule has 0 saturated heterocycles. The van der Waals surface area contributed by atoms with Crippen molar-refractivity contribution in [2.45, 2.75) is 19.4 Å². The summed E-state index contributed by atoms with van der Waals surface area (Å²) >= 11 is 2.22. The van der Waals surface area contributed by atoms with E-state index in [1.54, 1.807) is 14.2 Å². The van der Waals surface area contributed by atoms with E-state index in [0.29, 0.717) is 0 Å². The van der Waals surface area contributed by atoms with Crippen molar-refractivity contribution in [3.8, 4) is 11.5 Å². The smallest absolute Gasteiger partial charge is 0.174 e. The molecule has 1 unspecified atom stereocenters. The van der Waals surface area contributed by atoms with Crippen molar-refractivity contribution in [3.63, 3.8) is 0 Å². The van der Waals surface area contributed by atoms with Gasteiger partial charge in [0.25, 0.3) is 0 Å². The number of benzene rings is 1. The van der Waals surface area contributed by atoms with E-state index in [-0.39, 0.29) is 6.04 Å². The predicted molar refractivity (Wildman–Crippen MR) is 69.6 cm³/mol. The molecule has 0 aromatic heterocycles. The zero-order valence-electron chi connectivity index (χ0n) is 9.21. The van der Waals surface area contributed by atoms with E-state index >= 15 is 0 Å². The lowest BCUT2D eigenvalue weighted by atomic mass is 10.1. The lowest BCUT2D eigenvalue weighted by Gasteiger charge is -2.15. The summed E-state index contributed by atoms with van der Waals surface area (Å²) in [7, 11) is 3.30. The maximum Gasteiger partial charge on any atom is 0.174 e. The second kappa shape index (κ2) is 5.55. The molecular weight excluding hydrogens is 305 g/mol. The first-order chi connectivity index (χ1) is 7.10. The SMILES string of the molecule is COc1c(I)ccc(CC(C)N)c1OC. The van der Waals surface area contributed by atoms with Gasteiger partial charge in [-0.3, -0.25) is 0 Å².